The second-order valence-corrected chi connectivity index (χ2v) is 11.2. The predicted octanol–water partition coefficient (Wildman–Crippen LogP) is 1.00. The van der Waals surface area contributed by atoms with Crippen molar-refractivity contribution < 1.29 is 56.8 Å². The van der Waals surface area contributed by atoms with Crippen LogP contribution in [0.25, 0.3) is 0 Å². The first kappa shape index (κ1) is 30.4. The minimum atomic E-state index is -4.43. The van der Waals surface area contributed by atoms with Crippen LogP contribution in [-0.4, -0.2) is 83.5 Å². The van der Waals surface area contributed by atoms with E-state index in [1.807, 2.05) is 0 Å². The number of nitrogens with zero attached hydrogens (tertiary/aromatic N) is 2. The number of para-hydroxylation sites is 1. The highest BCUT2D eigenvalue weighted by Gasteiger charge is 2.57. The zero-order chi connectivity index (χ0) is 29.9. The van der Waals surface area contributed by atoms with Crippen LogP contribution in [0.3, 0.4) is 0 Å². The van der Waals surface area contributed by atoms with Gasteiger partial charge in [0, 0.05) is 0 Å². The molecular weight excluding hydrogens is 567 g/mol. The number of fused-ring (bicyclic) bond motifs is 1. The maximum absolute atomic E-state index is 14.0. The van der Waals surface area contributed by atoms with Crippen molar-refractivity contribution in [3.63, 3.8) is 0 Å². The molecule has 2 aromatic rings. The first-order valence-corrected chi connectivity index (χ1v) is 13.9. The topological polar surface area (TPSA) is 209 Å². The van der Waals surface area contributed by atoms with E-state index in [1.54, 1.807) is 32.0 Å². The van der Waals surface area contributed by atoms with Gasteiger partial charge in [-0.2, -0.15) is 5.09 Å². The lowest BCUT2D eigenvalue weighted by Gasteiger charge is -2.27. The molecule has 2 fully saturated rings. The van der Waals surface area contributed by atoms with E-state index >= 15 is 0 Å². The number of hydrogen-bond donors (Lipinski definition) is 3. The van der Waals surface area contributed by atoms with Crippen molar-refractivity contribution >= 4 is 25.6 Å². The van der Waals surface area contributed by atoms with E-state index in [4.69, 9.17) is 33.7 Å². The van der Waals surface area contributed by atoms with Crippen molar-refractivity contribution in [2.45, 2.75) is 56.6 Å². The number of nitrogens with one attached hydrogen (secondary N) is 1. The highest BCUT2D eigenvalue weighted by molar-refractivity contribution is 7.52. The van der Waals surface area contributed by atoms with Gasteiger partial charge in [-0.15, -0.1) is 0 Å². The van der Waals surface area contributed by atoms with Gasteiger partial charge in [-0.1, -0.05) is 18.2 Å². The number of ether oxygens (including phenoxy) is 5. The molecule has 1 amide bonds. The fourth-order valence-electron chi connectivity index (χ4n) is 4.38. The monoisotopic (exact) mass is 598 g/mol. The zero-order valence-corrected chi connectivity index (χ0v) is 23.5. The van der Waals surface area contributed by atoms with E-state index < -0.39 is 80.9 Å². The SMILES string of the molecule is COC(=O)C[C@H](NP(=O)(OC[C@H]1O[C@@H](n2cnc(C(N)=O)c2O)[C@@H]2OC(C)(C)OC21)Oc1ccccc1)C(=O)OC. The van der Waals surface area contributed by atoms with Gasteiger partial charge >= 0.3 is 19.7 Å². The van der Waals surface area contributed by atoms with E-state index in [-0.39, 0.29) is 11.4 Å². The van der Waals surface area contributed by atoms with Crippen LogP contribution in [0.15, 0.2) is 36.7 Å². The van der Waals surface area contributed by atoms with Crippen molar-refractivity contribution in [1.82, 2.24) is 14.6 Å². The van der Waals surface area contributed by atoms with Gasteiger partial charge in [-0.25, -0.2) is 9.55 Å². The number of aromatic hydroxyl groups is 1. The number of hydrogen-bond acceptors (Lipinski definition) is 13. The Hall–Kier alpha value is -3.53. The fraction of sp³-hybridized carbons (Fsp3) is 0.500. The molecule has 3 heterocycles. The number of rotatable bonds is 12. The molecule has 0 spiro atoms. The molecule has 2 aliphatic rings. The fourth-order valence-corrected chi connectivity index (χ4v) is 5.88. The van der Waals surface area contributed by atoms with Crippen LogP contribution in [0.4, 0.5) is 0 Å². The van der Waals surface area contributed by atoms with Crippen molar-refractivity contribution in [3.05, 3.63) is 42.4 Å². The summed E-state index contributed by atoms with van der Waals surface area (Å²) in [5.41, 5.74) is 4.90. The summed E-state index contributed by atoms with van der Waals surface area (Å²) in [6, 6.07) is 6.54. The Kier molecular flexibility index (Phi) is 9.01. The summed E-state index contributed by atoms with van der Waals surface area (Å²) >= 11 is 0. The molecule has 41 heavy (non-hydrogen) atoms. The van der Waals surface area contributed by atoms with Crippen LogP contribution in [0, 0.1) is 0 Å². The Balaban J connectivity index is 1.59. The van der Waals surface area contributed by atoms with E-state index in [0.717, 1.165) is 25.1 Å². The third kappa shape index (κ3) is 6.86. The summed E-state index contributed by atoms with van der Waals surface area (Å²) in [6.45, 7) is 2.90. The Bertz CT molecular complexity index is 1320. The van der Waals surface area contributed by atoms with E-state index in [0.29, 0.717) is 0 Å². The third-order valence-corrected chi connectivity index (χ3v) is 7.74. The molecule has 0 radical (unpaired) electrons. The van der Waals surface area contributed by atoms with Gasteiger partial charge in [0.2, 0.25) is 5.88 Å². The standard InChI is InChI=1S/C24H31N4O12P/c1-24(2)38-18-15(37-22(19(18)39-24)28-12-26-17(20(25)30)21(28)31)11-36-41(33,40-13-8-6-5-7-9-13)27-14(23(32)35-4)10-16(29)34-3/h5-9,12,14-15,18-19,22,31H,10-11H2,1-4H3,(H2,25,30)(H,27,33)/t14-,15+,18?,19+,22+,41?/m0/s1. The highest BCUT2D eigenvalue weighted by atomic mass is 31.2. The van der Waals surface area contributed by atoms with Crippen LogP contribution < -0.4 is 15.3 Å². The second-order valence-electron chi connectivity index (χ2n) is 9.50. The molecule has 1 aromatic carbocycles. The second kappa shape index (κ2) is 12.1. The average molecular weight is 599 g/mol. The van der Waals surface area contributed by atoms with Crippen molar-refractivity contribution in [2.75, 3.05) is 20.8 Å². The molecule has 17 heteroatoms. The molecular formula is C24H31N4O12P. The Morgan fingerprint density at radius 2 is 1.85 bits per heavy atom. The minimum Gasteiger partial charge on any atom is -0.493 e. The Morgan fingerprint density at radius 1 is 1.17 bits per heavy atom. The number of amides is 1. The van der Waals surface area contributed by atoms with E-state index in [9.17, 15) is 24.1 Å². The predicted molar refractivity (Wildman–Crippen MR) is 136 cm³/mol. The normalized spacial score (nSPS) is 25.1. The molecule has 2 unspecified atom stereocenters. The number of carbonyl (C=O) groups is 3. The minimum absolute atomic E-state index is 0.136. The average Bonchev–Trinajstić information content (AvgIpc) is 3.56. The highest BCUT2D eigenvalue weighted by Crippen LogP contribution is 2.49. The zero-order valence-electron chi connectivity index (χ0n) is 22.6. The van der Waals surface area contributed by atoms with E-state index in [2.05, 4.69) is 14.8 Å². The molecule has 16 nitrogen and oxygen atoms in total. The maximum Gasteiger partial charge on any atom is 0.459 e. The number of benzene rings is 1. The molecule has 0 aliphatic carbocycles. The lowest BCUT2D eigenvalue weighted by atomic mass is 10.1. The van der Waals surface area contributed by atoms with Gasteiger partial charge in [0.25, 0.3) is 5.91 Å². The van der Waals surface area contributed by atoms with Crippen molar-refractivity contribution in [3.8, 4) is 11.6 Å². The van der Waals surface area contributed by atoms with Crippen LogP contribution >= 0.6 is 7.75 Å². The smallest absolute Gasteiger partial charge is 0.459 e. The molecule has 4 rings (SSSR count). The number of nitrogens with two attached hydrogens (primary N) is 1. The van der Waals surface area contributed by atoms with Crippen LogP contribution in [0.1, 0.15) is 37.0 Å². The summed E-state index contributed by atoms with van der Waals surface area (Å²) in [5, 5.41) is 13.0. The molecule has 6 atom stereocenters. The van der Waals surface area contributed by atoms with Crippen LogP contribution in [-0.2, 0) is 42.4 Å². The Labute approximate surface area is 234 Å². The molecule has 2 aliphatic heterocycles. The number of methoxy groups -OCH3 is 2. The first-order chi connectivity index (χ1) is 19.4. The van der Waals surface area contributed by atoms with Gasteiger partial charge in [0.15, 0.2) is 17.7 Å². The number of esters is 2. The number of aromatic nitrogens is 2. The van der Waals surface area contributed by atoms with Crippen LogP contribution in [0.5, 0.6) is 11.6 Å². The molecule has 0 saturated carbocycles. The summed E-state index contributed by atoms with van der Waals surface area (Å²) in [6.07, 6.45) is -2.99. The quantitative estimate of drug-likeness (QED) is 0.230. The number of imidazole rings is 1. The first-order valence-electron chi connectivity index (χ1n) is 12.3. The lowest BCUT2D eigenvalue weighted by molar-refractivity contribution is -0.200. The van der Waals surface area contributed by atoms with E-state index in [1.165, 1.54) is 12.1 Å². The molecule has 2 saturated heterocycles. The van der Waals surface area contributed by atoms with Crippen molar-refractivity contribution in [2.24, 2.45) is 5.73 Å². The summed E-state index contributed by atoms with van der Waals surface area (Å²) in [4.78, 5) is 39.8. The number of primary amides is 1. The molecule has 4 N–H and O–H groups in total. The lowest BCUT2D eigenvalue weighted by Crippen LogP contribution is -2.40. The third-order valence-electron chi connectivity index (χ3n) is 6.18. The summed E-state index contributed by atoms with van der Waals surface area (Å²) in [5.74, 6) is -4.12. The number of carbonyl (C=O) groups excluding carboxylic acids is 3. The maximum atomic E-state index is 14.0. The van der Waals surface area contributed by atoms with Gasteiger partial charge < -0.3 is 39.0 Å². The molecule has 1 aromatic heterocycles. The largest absolute Gasteiger partial charge is 0.493 e. The molecule has 224 valence electrons. The van der Waals surface area contributed by atoms with Crippen molar-refractivity contribution in [1.29, 1.82) is 0 Å². The summed E-state index contributed by atoms with van der Waals surface area (Å²) in [7, 11) is -2.20. The van der Waals surface area contributed by atoms with Gasteiger partial charge in [-0.3, -0.25) is 23.5 Å². The summed E-state index contributed by atoms with van der Waals surface area (Å²) < 4.78 is 53.9. The van der Waals surface area contributed by atoms with Gasteiger partial charge in [-0.05, 0) is 26.0 Å². The molecule has 0 bridgehead atoms. The van der Waals surface area contributed by atoms with Crippen LogP contribution in [0.2, 0.25) is 0 Å². The Morgan fingerprint density at radius 3 is 2.46 bits per heavy atom. The van der Waals surface area contributed by atoms with Gasteiger partial charge in [0.05, 0.1) is 27.2 Å². The van der Waals surface area contributed by atoms with Gasteiger partial charge in [0.1, 0.15) is 36.4 Å².